The molecule has 2 atom stereocenters. The molecule has 0 aliphatic heterocycles. The third-order valence-corrected chi connectivity index (χ3v) is 3.96. The number of halogens is 1. The van der Waals surface area contributed by atoms with Crippen molar-refractivity contribution in [2.24, 2.45) is 0 Å². The van der Waals surface area contributed by atoms with Crippen molar-refractivity contribution in [3.05, 3.63) is 48.0 Å². The van der Waals surface area contributed by atoms with Crippen LogP contribution in [0.25, 0.3) is 0 Å². The van der Waals surface area contributed by atoms with Crippen LogP contribution in [0.15, 0.2) is 36.7 Å². The van der Waals surface area contributed by atoms with Crippen LogP contribution in [-0.2, 0) is 4.79 Å². The molecule has 7 heteroatoms. The molecule has 1 aromatic carbocycles. The minimum Gasteiger partial charge on any atom is -0.492 e. The van der Waals surface area contributed by atoms with Gasteiger partial charge in [-0.15, -0.1) is 0 Å². The summed E-state index contributed by atoms with van der Waals surface area (Å²) in [6, 6.07) is 6.02. The van der Waals surface area contributed by atoms with E-state index in [-0.39, 0.29) is 30.4 Å². The summed E-state index contributed by atoms with van der Waals surface area (Å²) < 4.78 is 20.1. The Balaban J connectivity index is 1.62. The summed E-state index contributed by atoms with van der Waals surface area (Å²) in [6.07, 6.45) is 3.80. The van der Waals surface area contributed by atoms with E-state index in [0.29, 0.717) is 18.9 Å². The molecule has 2 aromatic rings. The van der Waals surface area contributed by atoms with Crippen molar-refractivity contribution < 1.29 is 13.9 Å². The highest BCUT2D eigenvalue weighted by atomic mass is 19.1. The van der Waals surface area contributed by atoms with E-state index in [2.05, 4.69) is 22.7 Å². The third kappa shape index (κ3) is 6.19. The summed E-state index contributed by atoms with van der Waals surface area (Å²) in [6.45, 7) is 7.01. The van der Waals surface area contributed by atoms with Gasteiger partial charge in [-0.3, -0.25) is 9.48 Å². The number of aromatic nitrogens is 2. The average Bonchev–Trinajstić information content (AvgIpc) is 3.04. The fraction of sp³-hybridized carbons (Fsp3) is 0.444. The standard InChI is InChI=1S/C18H25FN4O2/c1-13-10-22-23(12-13)15(3)14(2)21-11-18(24)20-8-9-25-17-6-4-16(19)5-7-17/h4-7,10,12,14-15,21H,8-9,11H2,1-3H3,(H,20,24)/t14-,15+/m1/s1. The molecule has 0 aliphatic carbocycles. The Hall–Kier alpha value is -2.41. The number of aryl methyl sites for hydroxylation is 1. The summed E-state index contributed by atoms with van der Waals surface area (Å²) in [4.78, 5) is 11.9. The van der Waals surface area contributed by atoms with Crippen LogP contribution >= 0.6 is 0 Å². The molecule has 0 spiro atoms. The fourth-order valence-corrected chi connectivity index (χ4v) is 2.26. The second-order valence-corrected chi connectivity index (χ2v) is 6.06. The second kappa shape index (κ2) is 9.17. The largest absolute Gasteiger partial charge is 0.492 e. The van der Waals surface area contributed by atoms with Gasteiger partial charge >= 0.3 is 0 Å². The van der Waals surface area contributed by atoms with Crippen LogP contribution in [0, 0.1) is 12.7 Å². The first-order valence-corrected chi connectivity index (χ1v) is 8.35. The predicted molar refractivity (Wildman–Crippen MR) is 94.0 cm³/mol. The summed E-state index contributed by atoms with van der Waals surface area (Å²) in [5.41, 5.74) is 1.11. The number of rotatable bonds is 9. The lowest BCUT2D eigenvalue weighted by Gasteiger charge is -2.21. The van der Waals surface area contributed by atoms with Crippen molar-refractivity contribution in [3.63, 3.8) is 0 Å². The molecule has 0 bridgehead atoms. The molecular weight excluding hydrogens is 323 g/mol. The zero-order chi connectivity index (χ0) is 18.2. The highest BCUT2D eigenvalue weighted by molar-refractivity contribution is 5.77. The summed E-state index contributed by atoms with van der Waals surface area (Å²) in [5, 5.41) is 10.3. The molecule has 0 saturated heterocycles. The van der Waals surface area contributed by atoms with Gasteiger partial charge in [-0.1, -0.05) is 0 Å². The smallest absolute Gasteiger partial charge is 0.234 e. The third-order valence-electron chi connectivity index (χ3n) is 3.96. The highest BCUT2D eigenvalue weighted by Crippen LogP contribution is 2.11. The predicted octanol–water partition coefficient (Wildman–Crippen LogP) is 2.06. The minimum atomic E-state index is -0.305. The van der Waals surface area contributed by atoms with Crippen molar-refractivity contribution in [1.82, 2.24) is 20.4 Å². The number of nitrogens with zero attached hydrogens (tertiary/aromatic N) is 2. The van der Waals surface area contributed by atoms with E-state index < -0.39 is 0 Å². The van der Waals surface area contributed by atoms with Gasteiger partial charge < -0.3 is 15.4 Å². The Kier molecular flexibility index (Phi) is 6.94. The normalized spacial score (nSPS) is 13.3. The minimum absolute atomic E-state index is 0.0977. The molecule has 6 nitrogen and oxygen atoms in total. The van der Waals surface area contributed by atoms with Crippen molar-refractivity contribution in [3.8, 4) is 5.75 Å². The molecule has 1 heterocycles. The maximum absolute atomic E-state index is 12.8. The molecule has 2 N–H and O–H groups in total. The molecule has 0 aliphatic rings. The lowest BCUT2D eigenvalue weighted by atomic mass is 10.2. The number of carbonyl (C=O) groups is 1. The van der Waals surface area contributed by atoms with Crippen molar-refractivity contribution in [1.29, 1.82) is 0 Å². The maximum atomic E-state index is 12.8. The van der Waals surface area contributed by atoms with E-state index in [1.165, 1.54) is 12.1 Å². The first-order chi connectivity index (χ1) is 12.0. The first-order valence-electron chi connectivity index (χ1n) is 8.35. The maximum Gasteiger partial charge on any atom is 0.234 e. The van der Waals surface area contributed by atoms with Gasteiger partial charge in [0.2, 0.25) is 5.91 Å². The number of amides is 1. The Labute approximate surface area is 147 Å². The molecule has 0 saturated carbocycles. The van der Waals surface area contributed by atoms with Gasteiger partial charge in [0.1, 0.15) is 18.2 Å². The van der Waals surface area contributed by atoms with E-state index in [0.717, 1.165) is 5.56 Å². The van der Waals surface area contributed by atoms with Crippen LogP contribution in [0.4, 0.5) is 4.39 Å². The van der Waals surface area contributed by atoms with Crippen molar-refractivity contribution in [2.75, 3.05) is 19.7 Å². The Morgan fingerprint density at radius 3 is 2.68 bits per heavy atom. The summed E-state index contributed by atoms with van der Waals surface area (Å²) in [5.74, 6) is 0.171. The lowest BCUT2D eigenvalue weighted by Crippen LogP contribution is -2.42. The molecule has 0 radical (unpaired) electrons. The SMILES string of the molecule is Cc1cnn([C@@H](C)[C@@H](C)NCC(=O)NCCOc2ccc(F)cc2)c1. The summed E-state index contributed by atoms with van der Waals surface area (Å²) >= 11 is 0. The van der Waals surface area contributed by atoms with Gasteiger partial charge in [0.25, 0.3) is 0 Å². The lowest BCUT2D eigenvalue weighted by molar-refractivity contribution is -0.120. The Morgan fingerprint density at radius 2 is 2.04 bits per heavy atom. The van der Waals surface area contributed by atoms with Gasteiger partial charge in [0.15, 0.2) is 0 Å². The van der Waals surface area contributed by atoms with E-state index in [4.69, 9.17) is 4.74 Å². The van der Waals surface area contributed by atoms with E-state index >= 15 is 0 Å². The van der Waals surface area contributed by atoms with Crippen molar-refractivity contribution >= 4 is 5.91 Å². The number of benzene rings is 1. The first kappa shape index (κ1) is 18.9. The number of nitrogens with one attached hydrogen (secondary N) is 2. The van der Waals surface area contributed by atoms with Crippen LogP contribution in [0.1, 0.15) is 25.5 Å². The second-order valence-electron chi connectivity index (χ2n) is 6.06. The zero-order valence-corrected chi connectivity index (χ0v) is 14.8. The monoisotopic (exact) mass is 348 g/mol. The van der Waals surface area contributed by atoms with Crippen LogP contribution in [0.3, 0.4) is 0 Å². The van der Waals surface area contributed by atoms with Gasteiger partial charge in [-0.2, -0.15) is 5.10 Å². The topological polar surface area (TPSA) is 68.2 Å². The summed E-state index contributed by atoms with van der Waals surface area (Å²) in [7, 11) is 0. The van der Waals surface area contributed by atoms with Gasteiger partial charge in [0.05, 0.1) is 25.3 Å². The fourth-order valence-electron chi connectivity index (χ4n) is 2.26. The number of hydrogen-bond donors (Lipinski definition) is 2. The number of ether oxygens (including phenoxy) is 1. The molecule has 1 aromatic heterocycles. The quantitative estimate of drug-likeness (QED) is 0.681. The molecule has 1 amide bonds. The number of hydrogen-bond acceptors (Lipinski definition) is 4. The van der Waals surface area contributed by atoms with E-state index in [9.17, 15) is 9.18 Å². The highest BCUT2D eigenvalue weighted by Gasteiger charge is 2.15. The number of carbonyl (C=O) groups excluding carboxylic acids is 1. The Bertz CT molecular complexity index is 672. The van der Waals surface area contributed by atoms with Gasteiger partial charge in [-0.05, 0) is 50.6 Å². The Morgan fingerprint density at radius 1 is 1.32 bits per heavy atom. The van der Waals surface area contributed by atoms with Gasteiger partial charge in [-0.25, -0.2) is 4.39 Å². The van der Waals surface area contributed by atoms with Crippen LogP contribution in [0.5, 0.6) is 5.75 Å². The zero-order valence-electron chi connectivity index (χ0n) is 14.8. The molecule has 25 heavy (non-hydrogen) atoms. The van der Waals surface area contributed by atoms with E-state index in [1.54, 1.807) is 12.1 Å². The van der Waals surface area contributed by atoms with Crippen LogP contribution in [0.2, 0.25) is 0 Å². The molecule has 0 unspecified atom stereocenters. The molecule has 136 valence electrons. The molecule has 0 fully saturated rings. The average molecular weight is 348 g/mol. The van der Waals surface area contributed by atoms with Crippen molar-refractivity contribution in [2.45, 2.75) is 32.9 Å². The van der Waals surface area contributed by atoms with Crippen LogP contribution in [-0.4, -0.2) is 41.4 Å². The van der Waals surface area contributed by atoms with Crippen LogP contribution < -0.4 is 15.4 Å². The molecule has 2 rings (SSSR count). The van der Waals surface area contributed by atoms with E-state index in [1.807, 2.05) is 30.9 Å². The molecular formula is C18H25FN4O2. The van der Waals surface area contributed by atoms with Gasteiger partial charge in [0, 0.05) is 12.2 Å².